The monoisotopic (exact) mass is 453 g/mol. The lowest BCUT2D eigenvalue weighted by Gasteiger charge is -2.30. The summed E-state index contributed by atoms with van der Waals surface area (Å²) in [6.07, 6.45) is 8.25. The van der Waals surface area contributed by atoms with Crippen LogP contribution in [0.5, 0.6) is 0 Å². The molecule has 0 spiro atoms. The third kappa shape index (κ3) is 4.26. The fraction of sp³-hybridized carbons (Fsp3) is 0.273. The smallest absolute Gasteiger partial charge is 0.271 e. The molecule has 1 aromatic carbocycles. The molecule has 1 unspecified atom stereocenters. The summed E-state index contributed by atoms with van der Waals surface area (Å²) in [5.74, 6) is -2.44. The Morgan fingerprint density at radius 3 is 2.67 bits per heavy atom. The fourth-order valence-corrected chi connectivity index (χ4v) is 4.05. The Morgan fingerprint density at radius 2 is 1.85 bits per heavy atom. The fourth-order valence-electron chi connectivity index (χ4n) is 4.05. The number of nitrogens with one attached hydrogen (secondary N) is 2. The van der Waals surface area contributed by atoms with E-state index in [1.165, 1.54) is 18.6 Å². The highest BCUT2D eigenvalue weighted by atomic mass is 19.1. The Bertz CT molecular complexity index is 1250. The highest BCUT2D eigenvalue weighted by molar-refractivity contribution is 6.20. The number of aromatic nitrogens is 4. The molecule has 1 aliphatic carbocycles. The number of benzene rings is 1. The lowest BCUT2D eigenvalue weighted by atomic mass is 9.91. The van der Waals surface area contributed by atoms with Gasteiger partial charge in [-0.3, -0.25) is 9.78 Å². The molecule has 2 N–H and O–H groups in total. The Morgan fingerprint density at radius 1 is 1.00 bits per heavy atom. The van der Waals surface area contributed by atoms with Gasteiger partial charge in [0.1, 0.15) is 22.9 Å². The summed E-state index contributed by atoms with van der Waals surface area (Å²) in [4.78, 5) is 32.4. The first-order valence-electron chi connectivity index (χ1n) is 10.4. The van der Waals surface area contributed by atoms with E-state index in [-0.39, 0.29) is 52.3 Å². The minimum Gasteiger partial charge on any atom is -0.365 e. The standard InChI is InChI=1S/C22H18F3N7O/c23-11-6-14-18(15(24)7-11)31-19(14)21-28-9-16(25)20(32-21)29-12-2-1-3-13(8-12)30-22(33)17-10-26-4-5-27-17/h4-7,9-10,12-13H,1-3,8H2,(H,30,33)(H,28,29,32)/t12?,13-/m1/s1. The first-order valence-corrected chi connectivity index (χ1v) is 10.4. The van der Waals surface area contributed by atoms with E-state index >= 15 is 0 Å². The van der Waals surface area contributed by atoms with E-state index in [1.54, 1.807) is 0 Å². The first kappa shape index (κ1) is 21.0. The van der Waals surface area contributed by atoms with Crippen molar-refractivity contribution < 1.29 is 18.0 Å². The van der Waals surface area contributed by atoms with Gasteiger partial charge in [0.15, 0.2) is 23.3 Å². The number of fused-ring (bicyclic) bond motifs is 1. The normalized spacial score (nSPS) is 19.2. The maximum Gasteiger partial charge on any atom is 0.271 e. The zero-order chi connectivity index (χ0) is 22.9. The maximum absolute atomic E-state index is 14.4. The van der Waals surface area contributed by atoms with Crippen molar-refractivity contribution in [3.05, 3.63) is 71.5 Å². The van der Waals surface area contributed by atoms with Crippen molar-refractivity contribution in [2.75, 3.05) is 5.32 Å². The maximum atomic E-state index is 14.4. The number of carbonyl (C=O) groups is 1. The SMILES string of the molecule is O=C(N[C@@H]1CCCC(Nc2nc(C3=Nc4c(F)cc(F)cc43)ncc2F)C1)c1cnccn1. The number of anilines is 1. The van der Waals surface area contributed by atoms with Crippen LogP contribution in [-0.2, 0) is 0 Å². The average Bonchev–Trinajstić information content (AvgIpc) is 2.79. The van der Waals surface area contributed by atoms with Gasteiger partial charge in [-0.25, -0.2) is 33.1 Å². The molecule has 1 saturated carbocycles. The van der Waals surface area contributed by atoms with E-state index in [2.05, 4.69) is 35.6 Å². The van der Waals surface area contributed by atoms with Crippen molar-refractivity contribution >= 4 is 23.1 Å². The molecule has 0 bridgehead atoms. The molecule has 8 nitrogen and oxygen atoms in total. The predicted octanol–water partition coefficient (Wildman–Crippen LogP) is 3.32. The topological polar surface area (TPSA) is 105 Å². The molecular formula is C22H18F3N7O. The van der Waals surface area contributed by atoms with E-state index in [4.69, 9.17) is 0 Å². The van der Waals surface area contributed by atoms with Gasteiger partial charge in [0.05, 0.1) is 12.4 Å². The van der Waals surface area contributed by atoms with Crippen LogP contribution < -0.4 is 10.6 Å². The van der Waals surface area contributed by atoms with E-state index in [0.717, 1.165) is 37.6 Å². The number of hydrogen-bond acceptors (Lipinski definition) is 7. The predicted molar refractivity (Wildman–Crippen MR) is 113 cm³/mol. The van der Waals surface area contributed by atoms with Crippen LogP contribution in [0, 0.1) is 17.5 Å². The zero-order valence-corrected chi connectivity index (χ0v) is 17.2. The molecule has 5 rings (SSSR count). The molecule has 168 valence electrons. The molecule has 3 aromatic rings. The van der Waals surface area contributed by atoms with Crippen molar-refractivity contribution in [2.24, 2.45) is 4.99 Å². The van der Waals surface area contributed by atoms with Crippen LogP contribution in [0.4, 0.5) is 24.7 Å². The average molecular weight is 453 g/mol. The van der Waals surface area contributed by atoms with Crippen molar-refractivity contribution in [1.29, 1.82) is 0 Å². The van der Waals surface area contributed by atoms with Gasteiger partial charge < -0.3 is 10.6 Å². The van der Waals surface area contributed by atoms with E-state index in [0.29, 0.717) is 6.42 Å². The molecule has 1 fully saturated rings. The minimum absolute atomic E-state index is 0.0288. The lowest BCUT2D eigenvalue weighted by molar-refractivity contribution is 0.0921. The van der Waals surface area contributed by atoms with Crippen molar-refractivity contribution in [2.45, 2.75) is 37.8 Å². The number of nitrogens with zero attached hydrogens (tertiary/aromatic N) is 5. The number of carbonyl (C=O) groups excluding carboxylic acids is 1. The van der Waals surface area contributed by atoms with Crippen LogP contribution in [0.25, 0.3) is 0 Å². The van der Waals surface area contributed by atoms with Gasteiger partial charge >= 0.3 is 0 Å². The second kappa shape index (κ2) is 8.57. The van der Waals surface area contributed by atoms with Gasteiger partial charge in [0, 0.05) is 36.1 Å². The molecular weight excluding hydrogens is 435 g/mol. The summed E-state index contributed by atoms with van der Waals surface area (Å²) in [6, 6.07) is 1.63. The quantitative estimate of drug-likeness (QED) is 0.480. The molecule has 2 aliphatic rings. The number of halogens is 3. The second-order valence-corrected chi connectivity index (χ2v) is 7.90. The van der Waals surface area contributed by atoms with Gasteiger partial charge in [-0.1, -0.05) is 0 Å². The van der Waals surface area contributed by atoms with Gasteiger partial charge in [-0.2, -0.15) is 0 Å². The third-order valence-corrected chi connectivity index (χ3v) is 5.61. The zero-order valence-electron chi connectivity index (χ0n) is 17.2. The largest absolute Gasteiger partial charge is 0.365 e. The molecule has 11 heteroatoms. The van der Waals surface area contributed by atoms with Crippen molar-refractivity contribution in [3.63, 3.8) is 0 Å². The van der Waals surface area contributed by atoms with E-state index in [1.807, 2.05) is 0 Å². The minimum atomic E-state index is -0.772. The summed E-state index contributed by atoms with van der Waals surface area (Å²) in [5.41, 5.74) is 0.704. The van der Waals surface area contributed by atoms with Crippen LogP contribution in [0.3, 0.4) is 0 Å². The van der Waals surface area contributed by atoms with Gasteiger partial charge in [-0.15, -0.1) is 0 Å². The van der Waals surface area contributed by atoms with Crippen molar-refractivity contribution in [3.8, 4) is 0 Å². The Balaban J connectivity index is 1.28. The molecule has 2 aromatic heterocycles. The van der Waals surface area contributed by atoms with Crippen LogP contribution in [0.2, 0.25) is 0 Å². The number of aliphatic imine (C=N–C) groups is 1. The summed E-state index contributed by atoms with van der Waals surface area (Å²) in [6.45, 7) is 0. The van der Waals surface area contributed by atoms with E-state index < -0.39 is 17.5 Å². The highest BCUT2D eigenvalue weighted by Gasteiger charge is 2.29. The Labute approximate surface area is 186 Å². The first-order chi connectivity index (χ1) is 16.0. The van der Waals surface area contributed by atoms with Crippen LogP contribution in [0.1, 0.15) is 47.6 Å². The molecule has 33 heavy (non-hydrogen) atoms. The van der Waals surface area contributed by atoms with Crippen LogP contribution >= 0.6 is 0 Å². The summed E-state index contributed by atoms with van der Waals surface area (Å²) in [5, 5.41) is 6.01. The highest BCUT2D eigenvalue weighted by Crippen LogP contribution is 2.35. The van der Waals surface area contributed by atoms with E-state index in [9.17, 15) is 18.0 Å². The third-order valence-electron chi connectivity index (χ3n) is 5.61. The Kier molecular flexibility index (Phi) is 5.45. The number of rotatable bonds is 5. The lowest BCUT2D eigenvalue weighted by Crippen LogP contribution is -2.42. The van der Waals surface area contributed by atoms with Gasteiger partial charge in [-0.05, 0) is 31.7 Å². The molecule has 1 amide bonds. The molecule has 1 aliphatic heterocycles. The Hall–Kier alpha value is -3.89. The molecule has 0 radical (unpaired) electrons. The summed E-state index contributed by atoms with van der Waals surface area (Å²) in [7, 11) is 0. The summed E-state index contributed by atoms with van der Waals surface area (Å²) < 4.78 is 41.8. The van der Waals surface area contributed by atoms with Crippen LogP contribution in [0.15, 0.2) is 41.9 Å². The van der Waals surface area contributed by atoms with Gasteiger partial charge in [0.25, 0.3) is 5.91 Å². The molecule has 2 atom stereocenters. The van der Waals surface area contributed by atoms with Crippen LogP contribution in [-0.4, -0.2) is 43.6 Å². The summed E-state index contributed by atoms with van der Waals surface area (Å²) >= 11 is 0. The second-order valence-electron chi connectivity index (χ2n) is 7.90. The van der Waals surface area contributed by atoms with Gasteiger partial charge in [0.2, 0.25) is 0 Å². The number of hydrogen-bond donors (Lipinski definition) is 2. The molecule has 3 heterocycles. The number of amides is 1. The van der Waals surface area contributed by atoms with Crippen molar-refractivity contribution in [1.82, 2.24) is 25.3 Å². The molecule has 0 saturated heterocycles.